The molecule has 0 aromatic heterocycles. The molecule has 9 heavy (non-hydrogen) atoms. The van der Waals surface area contributed by atoms with Gasteiger partial charge in [0.1, 0.15) is 0 Å². The minimum Gasteiger partial charge on any atom is -0.394 e. The van der Waals surface area contributed by atoms with Crippen LogP contribution < -0.4 is 5.32 Å². The predicted molar refractivity (Wildman–Crippen MR) is 30.4 cm³/mol. The topological polar surface area (TPSA) is 69.6 Å². The first-order valence-electron chi connectivity index (χ1n) is 2.48. The summed E-state index contributed by atoms with van der Waals surface area (Å²) in [7, 11) is 0. The van der Waals surface area contributed by atoms with Crippen LogP contribution in [0.2, 0.25) is 0 Å². The van der Waals surface area contributed by atoms with E-state index in [0.717, 1.165) is 0 Å². The molecule has 4 heteroatoms. The van der Waals surface area contributed by atoms with Crippen molar-refractivity contribution in [3.05, 3.63) is 6.92 Å². The van der Waals surface area contributed by atoms with Gasteiger partial charge in [-0.25, -0.2) is 0 Å². The summed E-state index contributed by atoms with van der Waals surface area (Å²) in [6, 6.07) is -0.637. The highest BCUT2D eigenvalue weighted by Crippen LogP contribution is 1.77. The van der Waals surface area contributed by atoms with Crippen LogP contribution in [0.5, 0.6) is 0 Å². The summed E-state index contributed by atoms with van der Waals surface area (Å²) >= 11 is 0. The van der Waals surface area contributed by atoms with E-state index in [-0.39, 0.29) is 13.2 Å². The zero-order valence-electron chi connectivity index (χ0n) is 4.87. The molecule has 0 bridgehead atoms. The van der Waals surface area contributed by atoms with Crippen LogP contribution in [0, 0.1) is 6.92 Å². The van der Waals surface area contributed by atoms with Crippen molar-refractivity contribution in [2.24, 2.45) is 0 Å². The smallest absolute Gasteiger partial charge is 0.225 e. The number of carbonyl (C=O) groups is 1. The lowest BCUT2D eigenvalue weighted by Gasteiger charge is -2.09. The molecule has 52 valence electrons. The van der Waals surface area contributed by atoms with Gasteiger partial charge in [0, 0.05) is 0 Å². The number of hydrogen-bond acceptors (Lipinski definition) is 3. The molecule has 2 radical (unpaired) electrons. The second-order valence-electron chi connectivity index (χ2n) is 1.57. The maximum absolute atomic E-state index is 10.0. The van der Waals surface area contributed by atoms with Crippen molar-refractivity contribution in [3.8, 4) is 0 Å². The summed E-state index contributed by atoms with van der Waals surface area (Å²) < 4.78 is 0. The third-order valence-corrected chi connectivity index (χ3v) is 0.787. The minimum atomic E-state index is -0.747. The fourth-order valence-corrected chi connectivity index (χ4v) is 0.350. The predicted octanol–water partition coefficient (Wildman–Crippen LogP) is -1.83. The van der Waals surface area contributed by atoms with Crippen LogP contribution in [0.3, 0.4) is 0 Å². The van der Waals surface area contributed by atoms with E-state index in [0.29, 0.717) is 0 Å². The lowest BCUT2D eigenvalue weighted by atomic mass is 10.3. The van der Waals surface area contributed by atoms with Gasteiger partial charge in [-0.1, -0.05) is 0 Å². The Kier molecular flexibility index (Phi) is 4.00. The lowest BCUT2D eigenvalue weighted by Crippen LogP contribution is -2.38. The fraction of sp³-hybridized carbons (Fsp3) is 0.600. The first-order chi connectivity index (χ1) is 4.20. The van der Waals surface area contributed by atoms with Crippen LogP contribution in [-0.4, -0.2) is 35.4 Å². The summed E-state index contributed by atoms with van der Waals surface area (Å²) in [6.07, 6.45) is 0. The largest absolute Gasteiger partial charge is 0.394 e. The van der Waals surface area contributed by atoms with E-state index in [1.165, 1.54) is 0 Å². The molecule has 0 aromatic rings. The molecule has 0 fully saturated rings. The normalized spacial score (nSPS) is 9.78. The molecule has 0 heterocycles. The highest BCUT2D eigenvalue weighted by Gasteiger charge is 2.04. The van der Waals surface area contributed by atoms with Gasteiger partial charge in [0.25, 0.3) is 0 Å². The van der Waals surface area contributed by atoms with E-state index in [4.69, 9.17) is 10.2 Å². The SMILES string of the molecule is [CH]C(=O)NC(CO)CO. The van der Waals surface area contributed by atoms with Gasteiger partial charge in [-0.15, -0.1) is 0 Å². The summed E-state index contributed by atoms with van der Waals surface area (Å²) in [5.41, 5.74) is 0. The van der Waals surface area contributed by atoms with Crippen molar-refractivity contribution in [1.82, 2.24) is 5.32 Å². The van der Waals surface area contributed by atoms with Gasteiger partial charge in [-0.3, -0.25) is 4.79 Å². The highest BCUT2D eigenvalue weighted by atomic mass is 16.3. The first kappa shape index (κ1) is 8.39. The monoisotopic (exact) mass is 131 g/mol. The zero-order chi connectivity index (χ0) is 7.28. The number of aliphatic hydroxyl groups is 2. The molecular formula is C5H9NO3. The molecule has 0 aliphatic rings. The molecule has 0 atom stereocenters. The summed E-state index contributed by atoms with van der Waals surface area (Å²) in [5.74, 6) is -0.747. The minimum absolute atomic E-state index is 0.306. The zero-order valence-corrected chi connectivity index (χ0v) is 4.87. The molecule has 0 saturated heterocycles. The molecule has 0 aromatic carbocycles. The first-order valence-corrected chi connectivity index (χ1v) is 2.48. The number of carbonyl (C=O) groups excluding carboxylic acids is 1. The molecule has 3 N–H and O–H groups in total. The van der Waals surface area contributed by atoms with Gasteiger partial charge < -0.3 is 15.5 Å². The molecule has 0 saturated carbocycles. The molecule has 0 spiro atoms. The van der Waals surface area contributed by atoms with Crippen molar-refractivity contribution >= 4 is 5.91 Å². The number of nitrogens with one attached hydrogen (secondary N) is 1. The number of rotatable bonds is 3. The maximum Gasteiger partial charge on any atom is 0.225 e. The van der Waals surface area contributed by atoms with Crippen LogP contribution in [0.15, 0.2) is 0 Å². The molecule has 4 nitrogen and oxygen atoms in total. The Morgan fingerprint density at radius 2 is 2.00 bits per heavy atom. The Morgan fingerprint density at radius 3 is 2.11 bits per heavy atom. The van der Waals surface area contributed by atoms with Gasteiger partial charge in [0.2, 0.25) is 5.91 Å². The number of hydrogen-bond donors (Lipinski definition) is 3. The maximum atomic E-state index is 10.0. The lowest BCUT2D eigenvalue weighted by molar-refractivity contribution is -0.118. The van der Waals surface area contributed by atoms with Crippen LogP contribution in [0.1, 0.15) is 0 Å². The van der Waals surface area contributed by atoms with Crippen LogP contribution in [0.4, 0.5) is 0 Å². The van der Waals surface area contributed by atoms with Crippen LogP contribution in [-0.2, 0) is 4.79 Å². The Balaban J connectivity index is 3.43. The third-order valence-electron chi connectivity index (χ3n) is 0.787. The van der Waals surface area contributed by atoms with E-state index in [1.807, 2.05) is 0 Å². The van der Waals surface area contributed by atoms with Gasteiger partial charge in [0.15, 0.2) is 0 Å². The molecule has 0 aliphatic carbocycles. The third kappa shape index (κ3) is 3.93. The molecule has 0 rings (SSSR count). The number of amides is 1. The second-order valence-corrected chi connectivity index (χ2v) is 1.57. The van der Waals surface area contributed by atoms with E-state index in [2.05, 4.69) is 12.2 Å². The summed E-state index contributed by atoms with van der Waals surface area (Å²) in [6.45, 7) is 4.06. The van der Waals surface area contributed by atoms with Crippen LogP contribution in [0.25, 0.3) is 0 Å². The van der Waals surface area contributed by atoms with Gasteiger partial charge in [0.05, 0.1) is 26.2 Å². The Labute approximate surface area is 53.5 Å². The average molecular weight is 131 g/mol. The molecule has 0 aliphatic heterocycles. The van der Waals surface area contributed by atoms with E-state index in [1.54, 1.807) is 0 Å². The summed E-state index contributed by atoms with van der Waals surface area (Å²) in [4.78, 5) is 10.0. The fourth-order valence-electron chi connectivity index (χ4n) is 0.350. The van der Waals surface area contributed by atoms with Crippen molar-refractivity contribution in [1.29, 1.82) is 0 Å². The van der Waals surface area contributed by atoms with Crippen molar-refractivity contribution in [2.45, 2.75) is 6.04 Å². The van der Waals surface area contributed by atoms with E-state index < -0.39 is 11.9 Å². The summed E-state index contributed by atoms with van der Waals surface area (Å²) in [5, 5.41) is 18.8. The van der Waals surface area contributed by atoms with Crippen molar-refractivity contribution in [3.63, 3.8) is 0 Å². The Bertz CT molecular complexity index is 90.2. The van der Waals surface area contributed by atoms with Crippen LogP contribution >= 0.6 is 0 Å². The van der Waals surface area contributed by atoms with Gasteiger partial charge >= 0.3 is 0 Å². The van der Waals surface area contributed by atoms with Gasteiger partial charge in [-0.2, -0.15) is 0 Å². The van der Waals surface area contributed by atoms with Gasteiger partial charge in [-0.05, 0) is 0 Å². The van der Waals surface area contributed by atoms with Crippen molar-refractivity contribution in [2.75, 3.05) is 13.2 Å². The molecular weight excluding hydrogens is 122 g/mol. The molecule has 1 amide bonds. The Hall–Kier alpha value is -0.610. The number of aliphatic hydroxyl groups excluding tert-OH is 2. The second kappa shape index (κ2) is 4.29. The highest BCUT2D eigenvalue weighted by molar-refractivity contribution is 5.80. The quantitative estimate of drug-likeness (QED) is 0.422. The standard InChI is InChI=1S/C5H9NO3/c1-4(9)6-5(2-7)3-8/h1,5,7-8H,2-3H2,(H,6,9). The van der Waals surface area contributed by atoms with E-state index in [9.17, 15) is 4.79 Å². The molecule has 0 unspecified atom stereocenters. The average Bonchev–Trinajstić information content (AvgIpc) is 1.82. The van der Waals surface area contributed by atoms with E-state index >= 15 is 0 Å². The van der Waals surface area contributed by atoms with Crippen molar-refractivity contribution < 1.29 is 15.0 Å². The Morgan fingerprint density at radius 1 is 1.56 bits per heavy atom.